The van der Waals surface area contributed by atoms with Crippen LogP contribution < -0.4 is 0 Å². The molecule has 24 heavy (non-hydrogen) atoms. The van der Waals surface area contributed by atoms with Gasteiger partial charge in [-0.1, -0.05) is 12.1 Å². The van der Waals surface area contributed by atoms with Gasteiger partial charge < -0.3 is 4.74 Å². The van der Waals surface area contributed by atoms with E-state index < -0.39 is 44.4 Å². The van der Waals surface area contributed by atoms with E-state index in [2.05, 4.69) is 0 Å². The van der Waals surface area contributed by atoms with Crippen molar-refractivity contribution in [2.45, 2.75) is 25.3 Å². The van der Waals surface area contributed by atoms with Crippen molar-refractivity contribution in [3.63, 3.8) is 0 Å². The second-order valence-corrected chi connectivity index (χ2v) is 5.05. The maximum absolute atomic E-state index is 12.1. The van der Waals surface area contributed by atoms with Gasteiger partial charge in [0.2, 0.25) is 6.54 Å². The highest BCUT2D eigenvalue weighted by atomic mass is 16.6. The van der Waals surface area contributed by atoms with Crippen LogP contribution in [0, 0.1) is 30.3 Å². The summed E-state index contributed by atoms with van der Waals surface area (Å²) in [5.41, 5.74) is -2.92. The van der Waals surface area contributed by atoms with Crippen LogP contribution in [0.5, 0.6) is 0 Å². The second-order valence-electron chi connectivity index (χ2n) is 5.05. The summed E-state index contributed by atoms with van der Waals surface area (Å²) in [6.45, 7) is 1.24. The molecule has 11 heteroatoms. The normalized spacial score (nSPS) is 14.2. The fourth-order valence-electron chi connectivity index (χ4n) is 2.23. The fourth-order valence-corrected chi connectivity index (χ4v) is 2.23. The quantitative estimate of drug-likeness (QED) is 0.391. The van der Waals surface area contributed by atoms with Crippen LogP contribution in [-0.2, 0) is 9.53 Å². The molecule has 0 radical (unpaired) electrons. The zero-order chi connectivity index (χ0) is 18.5. The molecule has 11 nitrogen and oxygen atoms in total. The van der Waals surface area contributed by atoms with Gasteiger partial charge in [0, 0.05) is 28.9 Å². The maximum atomic E-state index is 12.1. The molecule has 2 atom stereocenters. The highest BCUT2D eigenvalue weighted by Gasteiger charge is 2.57. The third-order valence-electron chi connectivity index (χ3n) is 3.56. The summed E-state index contributed by atoms with van der Waals surface area (Å²) in [5.74, 6) is -2.78. The molecule has 0 aliphatic rings. The molecule has 0 aromatic heterocycles. The first-order valence-corrected chi connectivity index (χ1v) is 6.82. The van der Waals surface area contributed by atoms with E-state index >= 15 is 0 Å². The van der Waals surface area contributed by atoms with Gasteiger partial charge in [0.25, 0.3) is 5.69 Å². The lowest BCUT2D eigenvalue weighted by atomic mass is 9.80. The highest BCUT2D eigenvalue weighted by molar-refractivity contribution is 5.80. The van der Waals surface area contributed by atoms with E-state index in [1.165, 1.54) is 19.1 Å². The minimum Gasteiger partial charge on any atom is -0.461 e. The molecule has 0 saturated heterocycles. The van der Waals surface area contributed by atoms with Crippen LogP contribution >= 0.6 is 0 Å². The van der Waals surface area contributed by atoms with Crippen molar-refractivity contribution in [2.24, 2.45) is 0 Å². The van der Waals surface area contributed by atoms with E-state index in [0.29, 0.717) is 0 Å². The molecular formula is C13H15N3O8. The summed E-state index contributed by atoms with van der Waals surface area (Å²) in [6, 6.07) is 4.63. The van der Waals surface area contributed by atoms with Gasteiger partial charge in [0.15, 0.2) is 0 Å². The Balaban J connectivity index is 3.50. The molecular weight excluding hydrogens is 326 g/mol. The Hall–Kier alpha value is -3.11. The van der Waals surface area contributed by atoms with E-state index in [1.54, 1.807) is 0 Å². The fraction of sp³-hybridized carbons (Fsp3) is 0.462. The summed E-state index contributed by atoms with van der Waals surface area (Å²) in [6.07, 6.45) is 0. The summed E-state index contributed by atoms with van der Waals surface area (Å²) < 4.78 is 4.69. The average molecular weight is 341 g/mol. The average Bonchev–Trinajstić information content (AvgIpc) is 2.51. The zero-order valence-corrected chi connectivity index (χ0v) is 12.9. The maximum Gasteiger partial charge on any atom is 0.385 e. The summed E-state index contributed by atoms with van der Waals surface area (Å²) in [4.78, 5) is 42.9. The standard InChI is InChI=1S/C13H15N3O8/c1-3-24-12(17)13(2,16(22)23)11(8-14(18)19)9-5-4-6-10(7-9)15(20)21/h4-7,11H,3,8H2,1-2H3/t11-,13+/m1/s1. The van der Waals surface area contributed by atoms with Crippen LogP contribution in [0.1, 0.15) is 25.3 Å². The van der Waals surface area contributed by atoms with Crippen molar-refractivity contribution in [3.8, 4) is 0 Å². The number of nitrogens with zero attached hydrogens (tertiary/aromatic N) is 3. The molecule has 0 fully saturated rings. The predicted molar refractivity (Wildman–Crippen MR) is 79.7 cm³/mol. The Morgan fingerprint density at radius 3 is 2.33 bits per heavy atom. The van der Waals surface area contributed by atoms with Gasteiger partial charge in [0.05, 0.1) is 11.5 Å². The molecule has 1 aromatic rings. The number of nitro benzene ring substituents is 1. The van der Waals surface area contributed by atoms with Gasteiger partial charge in [-0.05, 0) is 12.5 Å². The number of esters is 1. The Labute approximate surface area is 135 Å². The minimum absolute atomic E-state index is 0.0619. The van der Waals surface area contributed by atoms with Gasteiger partial charge in [-0.25, -0.2) is 4.79 Å². The Bertz CT molecular complexity index is 677. The molecule has 1 rings (SSSR count). The molecule has 0 unspecified atom stereocenters. The molecule has 0 heterocycles. The van der Waals surface area contributed by atoms with Crippen molar-refractivity contribution in [1.29, 1.82) is 0 Å². The lowest BCUT2D eigenvalue weighted by Gasteiger charge is -2.25. The van der Waals surface area contributed by atoms with E-state index in [4.69, 9.17) is 4.74 Å². The molecule has 130 valence electrons. The van der Waals surface area contributed by atoms with E-state index in [0.717, 1.165) is 19.1 Å². The van der Waals surface area contributed by atoms with Crippen LogP contribution in [0.2, 0.25) is 0 Å². The number of non-ortho nitro benzene ring substituents is 1. The molecule has 0 spiro atoms. The number of rotatable bonds is 8. The monoisotopic (exact) mass is 341 g/mol. The summed E-state index contributed by atoms with van der Waals surface area (Å²) in [7, 11) is 0. The lowest BCUT2D eigenvalue weighted by molar-refractivity contribution is -0.571. The predicted octanol–water partition coefficient (Wildman–Crippen LogP) is 1.55. The van der Waals surface area contributed by atoms with Crippen LogP contribution in [0.4, 0.5) is 5.69 Å². The van der Waals surface area contributed by atoms with Crippen molar-refractivity contribution in [1.82, 2.24) is 0 Å². The van der Waals surface area contributed by atoms with E-state index in [-0.39, 0.29) is 12.2 Å². The molecule has 0 amide bonds. The topological polar surface area (TPSA) is 156 Å². The zero-order valence-electron chi connectivity index (χ0n) is 12.9. The smallest absolute Gasteiger partial charge is 0.385 e. The third-order valence-corrected chi connectivity index (χ3v) is 3.56. The Morgan fingerprint density at radius 2 is 1.88 bits per heavy atom. The first-order valence-electron chi connectivity index (χ1n) is 6.82. The van der Waals surface area contributed by atoms with Gasteiger partial charge in [-0.3, -0.25) is 30.3 Å². The largest absolute Gasteiger partial charge is 0.461 e. The van der Waals surface area contributed by atoms with Gasteiger partial charge in [-0.15, -0.1) is 0 Å². The number of nitro groups is 3. The van der Waals surface area contributed by atoms with Crippen LogP contribution in [-0.4, -0.2) is 39.4 Å². The Kier molecular flexibility index (Phi) is 5.87. The molecule has 1 aromatic carbocycles. The first kappa shape index (κ1) is 18.9. The van der Waals surface area contributed by atoms with E-state index in [1.807, 2.05) is 0 Å². The van der Waals surface area contributed by atoms with E-state index in [9.17, 15) is 35.1 Å². The molecule has 0 aliphatic carbocycles. The summed E-state index contributed by atoms with van der Waals surface area (Å²) >= 11 is 0. The number of carbonyl (C=O) groups excluding carboxylic acids is 1. The molecule has 0 bridgehead atoms. The Morgan fingerprint density at radius 1 is 1.25 bits per heavy atom. The van der Waals surface area contributed by atoms with Crippen LogP contribution in [0.3, 0.4) is 0 Å². The van der Waals surface area contributed by atoms with Crippen molar-refractivity contribution in [2.75, 3.05) is 13.2 Å². The third kappa shape index (κ3) is 3.80. The number of ether oxygens (including phenoxy) is 1. The van der Waals surface area contributed by atoms with Crippen LogP contribution in [0.25, 0.3) is 0 Å². The minimum atomic E-state index is -2.46. The molecule has 0 aliphatic heterocycles. The molecule has 0 N–H and O–H groups in total. The lowest BCUT2D eigenvalue weighted by Crippen LogP contribution is -2.51. The van der Waals surface area contributed by atoms with Gasteiger partial charge >= 0.3 is 11.5 Å². The second kappa shape index (κ2) is 7.44. The van der Waals surface area contributed by atoms with Gasteiger partial charge in [0.1, 0.15) is 5.92 Å². The highest BCUT2D eigenvalue weighted by Crippen LogP contribution is 2.34. The van der Waals surface area contributed by atoms with Crippen molar-refractivity contribution >= 4 is 11.7 Å². The SMILES string of the molecule is CCOC(=O)[C@](C)([C@H](C[N+](=O)[O-])c1cccc([N+](=O)[O-])c1)[N+](=O)[O-]. The number of hydrogen-bond acceptors (Lipinski definition) is 8. The van der Waals surface area contributed by atoms with Crippen molar-refractivity contribution in [3.05, 3.63) is 60.2 Å². The number of hydrogen-bond donors (Lipinski definition) is 0. The first-order chi connectivity index (χ1) is 11.1. The van der Waals surface area contributed by atoms with Crippen LogP contribution in [0.15, 0.2) is 24.3 Å². The number of benzene rings is 1. The summed E-state index contributed by atoms with van der Waals surface area (Å²) in [5, 5.41) is 33.3. The van der Waals surface area contributed by atoms with Crippen molar-refractivity contribution < 1.29 is 24.3 Å². The number of carbonyl (C=O) groups is 1. The molecule has 0 saturated carbocycles. The van der Waals surface area contributed by atoms with Gasteiger partial charge in [-0.2, -0.15) is 0 Å².